The lowest BCUT2D eigenvalue weighted by Gasteiger charge is -2.07. The molecular formula is C14H13BrN2OS. The fourth-order valence-electron chi connectivity index (χ4n) is 1.66. The smallest absolute Gasteiger partial charge is 0.252 e. The molecule has 0 atom stereocenters. The molecule has 0 fully saturated rings. The van der Waals surface area contributed by atoms with Crippen molar-refractivity contribution in [1.29, 1.82) is 0 Å². The van der Waals surface area contributed by atoms with E-state index >= 15 is 0 Å². The Labute approximate surface area is 126 Å². The summed E-state index contributed by atoms with van der Waals surface area (Å²) in [4.78, 5) is 16.7. The van der Waals surface area contributed by atoms with Crippen LogP contribution in [0.5, 0.6) is 0 Å². The Balaban J connectivity index is 1.91. The quantitative estimate of drug-likeness (QED) is 0.842. The van der Waals surface area contributed by atoms with Crippen molar-refractivity contribution in [3.05, 3.63) is 58.3 Å². The second kappa shape index (κ2) is 6.73. The van der Waals surface area contributed by atoms with Gasteiger partial charge in [-0.15, -0.1) is 12.6 Å². The van der Waals surface area contributed by atoms with Gasteiger partial charge in [0.05, 0.1) is 5.56 Å². The molecule has 1 N–H and O–H groups in total. The molecular weight excluding hydrogens is 324 g/mol. The number of nitrogens with one attached hydrogen (secondary N) is 1. The zero-order valence-electron chi connectivity index (χ0n) is 10.1. The average Bonchev–Trinajstić information content (AvgIpc) is 2.39. The maximum atomic E-state index is 12.0. The standard InChI is InChI=1S/C14H13BrN2OS/c15-11-3-4-12(13(19)8-11)14(18)17-7-5-10-2-1-6-16-9-10/h1-4,6,8-9,19H,5,7H2,(H,17,18). The monoisotopic (exact) mass is 336 g/mol. The first-order chi connectivity index (χ1) is 9.16. The van der Waals surface area contributed by atoms with Crippen molar-refractivity contribution >= 4 is 34.5 Å². The summed E-state index contributed by atoms with van der Waals surface area (Å²) in [5.41, 5.74) is 1.68. The first-order valence-corrected chi connectivity index (χ1v) is 7.06. The van der Waals surface area contributed by atoms with E-state index in [2.05, 4.69) is 38.9 Å². The number of carbonyl (C=O) groups is 1. The van der Waals surface area contributed by atoms with Gasteiger partial charge in [-0.1, -0.05) is 22.0 Å². The first kappa shape index (κ1) is 14.1. The number of thiol groups is 1. The van der Waals surface area contributed by atoms with Crippen molar-refractivity contribution in [2.24, 2.45) is 0 Å². The number of pyridine rings is 1. The molecule has 0 spiro atoms. The highest BCUT2D eigenvalue weighted by molar-refractivity contribution is 9.10. The molecule has 0 saturated carbocycles. The highest BCUT2D eigenvalue weighted by Crippen LogP contribution is 2.19. The topological polar surface area (TPSA) is 42.0 Å². The summed E-state index contributed by atoms with van der Waals surface area (Å²) in [6.45, 7) is 0.577. The Kier molecular flexibility index (Phi) is 4.99. The van der Waals surface area contributed by atoms with Crippen LogP contribution in [0.25, 0.3) is 0 Å². The third-order valence-electron chi connectivity index (χ3n) is 2.63. The Hall–Kier alpha value is -1.33. The highest BCUT2D eigenvalue weighted by atomic mass is 79.9. The van der Waals surface area contributed by atoms with Gasteiger partial charge >= 0.3 is 0 Å². The summed E-state index contributed by atoms with van der Waals surface area (Å²) in [5, 5.41) is 2.88. The molecule has 0 unspecified atom stereocenters. The van der Waals surface area contributed by atoms with Crippen LogP contribution < -0.4 is 5.32 Å². The molecule has 0 aliphatic carbocycles. The first-order valence-electron chi connectivity index (χ1n) is 5.82. The Bertz CT molecular complexity index is 575. The molecule has 0 aliphatic rings. The van der Waals surface area contributed by atoms with Crippen LogP contribution in [0.15, 0.2) is 52.1 Å². The number of carbonyl (C=O) groups excluding carboxylic acids is 1. The molecule has 1 aromatic heterocycles. The van der Waals surface area contributed by atoms with Crippen LogP contribution in [0, 0.1) is 0 Å². The molecule has 2 aromatic rings. The summed E-state index contributed by atoms with van der Waals surface area (Å²) in [6.07, 6.45) is 4.30. The third-order valence-corrected chi connectivity index (χ3v) is 3.49. The Morgan fingerprint density at radius 1 is 1.37 bits per heavy atom. The Morgan fingerprint density at radius 3 is 2.89 bits per heavy atom. The number of rotatable bonds is 4. The van der Waals surface area contributed by atoms with Crippen LogP contribution >= 0.6 is 28.6 Å². The van der Waals surface area contributed by atoms with Gasteiger partial charge in [0.25, 0.3) is 5.91 Å². The van der Waals surface area contributed by atoms with Crippen LogP contribution in [-0.4, -0.2) is 17.4 Å². The van der Waals surface area contributed by atoms with Crippen LogP contribution in [-0.2, 0) is 6.42 Å². The molecule has 1 aromatic carbocycles. The number of aromatic nitrogens is 1. The van der Waals surface area contributed by atoms with Crippen LogP contribution in [0.4, 0.5) is 0 Å². The molecule has 19 heavy (non-hydrogen) atoms. The van der Waals surface area contributed by atoms with Gasteiger partial charge in [-0.25, -0.2) is 0 Å². The van der Waals surface area contributed by atoms with Crippen LogP contribution in [0.1, 0.15) is 15.9 Å². The zero-order valence-corrected chi connectivity index (χ0v) is 12.6. The lowest BCUT2D eigenvalue weighted by atomic mass is 10.2. The lowest BCUT2D eigenvalue weighted by molar-refractivity contribution is 0.0951. The van der Waals surface area contributed by atoms with Gasteiger partial charge in [0.2, 0.25) is 0 Å². The second-order valence-corrected chi connectivity index (χ2v) is 5.43. The number of halogens is 1. The fraction of sp³-hybridized carbons (Fsp3) is 0.143. The lowest BCUT2D eigenvalue weighted by Crippen LogP contribution is -2.26. The normalized spacial score (nSPS) is 10.2. The molecule has 0 saturated heterocycles. The van der Waals surface area contributed by atoms with E-state index in [1.807, 2.05) is 18.2 Å². The van der Waals surface area contributed by atoms with Gasteiger partial charge in [-0.3, -0.25) is 9.78 Å². The third kappa shape index (κ3) is 4.08. The predicted octanol–water partition coefficient (Wildman–Crippen LogP) is 3.11. The van der Waals surface area contributed by atoms with Gasteiger partial charge < -0.3 is 5.32 Å². The average molecular weight is 337 g/mol. The number of hydrogen-bond donors (Lipinski definition) is 2. The zero-order chi connectivity index (χ0) is 13.7. The van der Waals surface area contributed by atoms with Crippen molar-refractivity contribution in [3.63, 3.8) is 0 Å². The summed E-state index contributed by atoms with van der Waals surface area (Å²) < 4.78 is 0.907. The van der Waals surface area contributed by atoms with E-state index in [4.69, 9.17) is 0 Å². The van der Waals surface area contributed by atoms with E-state index in [0.29, 0.717) is 17.0 Å². The van der Waals surface area contributed by atoms with Crippen LogP contribution in [0.2, 0.25) is 0 Å². The van der Waals surface area contributed by atoms with Crippen LogP contribution in [0.3, 0.4) is 0 Å². The number of benzene rings is 1. The minimum absolute atomic E-state index is 0.110. The molecule has 3 nitrogen and oxygen atoms in total. The van der Waals surface area contributed by atoms with Crippen molar-refractivity contribution in [2.45, 2.75) is 11.3 Å². The SMILES string of the molecule is O=C(NCCc1cccnc1)c1ccc(Br)cc1S. The van der Waals surface area contributed by atoms with Gasteiger partial charge in [0.1, 0.15) is 0 Å². The van der Waals surface area contributed by atoms with E-state index in [0.717, 1.165) is 16.5 Å². The molecule has 98 valence electrons. The molecule has 1 amide bonds. The van der Waals surface area contributed by atoms with Gasteiger partial charge in [0.15, 0.2) is 0 Å². The minimum atomic E-state index is -0.110. The fourth-order valence-corrected chi connectivity index (χ4v) is 2.51. The molecule has 1 heterocycles. The largest absolute Gasteiger partial charge is 0.352 e. The number of amides is 1. The number of nitrogens with zero attached hydrogens (tertiary/aromatic N) is 1. The van der Waals surface area contributed by atoms with E-state index < -0.39 is 0 Å². The van der Waals surface area contributed by atoms with Crippen molar-refractivity contribution < 1.29 is 4.79 Å². The van der Waals surface area contributed by atoms with E-state index in [9.17, 15) is 4.79 Å². The molecule has 0 radical (unpaired) electrons. The maximum absolute atomic E-state index is 12.0. The van der Waals surface area contributed by atoms with Gasteiger partial charge in [-0.05, 0) is 36.2 Å². The van der Waals surface area contributed by atoms with E-state index in [-0.39, 0.29) is 5.91 Å². The molecule has 2 rings (SSSR count). The highest BCUT2D eigenvalue weighted by Gasteiger charge is 2.08. The summed E-state index contributed by atoms with van der Waals surface area (Å²) >= 11 is 7.64. The summed E-state index contributed by atoms with van der Waals surface area (Å²) in [6, 6.07) is 9.27. The molecule has 5 heteroatoms. The number of hydrogen-bond acceptors (Lipinski definition) is 3. The predicted molar refractivity (Wildman–Crippen MR) is 81.7 cm³/mol. The van der Waals surface area contributed by atoms with E-state index in [1.54, 1.807) is 24.5 Å². The minimum Gasteiger partial charge on any atom is -0.352 e. The second-order valence-electron chi connectivity index (χ2n) is 4.03. The molecule has 0 bridgehead atoms. The van der Waals surface area contributed by atoms with Gasteiger partial charge in [0, 0.05) is 28.3 Å². The van der Waals surface area contributed by atoms with Gasteiger partial charge in [-0.2, -0.15) is 0 Å². The van der Waals surface area contributed by atoms with Crippen molar-refractivity contribution in [3.8, 4) is 0 Å². The summed E-state index contributed by atoms with van der Waals surface area (Å²) in [7, 11) is 0. The maximum Gasteiger partial charge on any atom is 0.252 e. The van der Waals surface area contributed by atoms with Crippen molar-refractivity contribution in [1.82, 2.24) is 10.3 Å². The summed E-state index contributed by atoms with van der Waals surface area (Å²) in [5.74, 6) is -0.110. The van der Waals surface area contributed by atoms with Crippen molar-refractivity contribution in [2.75, 3.05) is 6.54 Å². The molecule has 0 aliphatic heterocycles. The Morgan fingerprint density at radius 2 is 2.21 bits per heavy atom. The van der Waals surface area contributed by atoms with E-state index in [1.165, 1.54) is 0 Å².